The van der Waals surface area contributed by atoms with Crippen LogP contribution in [0.1, 0.15) is 40.8 Å². The molecule has 1 N–H and O–H groups in total. The Hall–Kier alpha value is -2.11. The van der Waals surface area contributed by atoms with Gasteiger partial charge in [0.15, 0.2) is 0 Å². The second kappa shape index (κ2) is 6.21. The maximum atomic E-state index is 13.3. The molecule has 1 aliphatic heterocycles. The van der Waals surface area contributed by atoms with Gasteiger partial charge >= 0.3 is 0 Å². The number of rotatable bonds is 2. The number of hydrogen-bond donors (Lipinski definition) is 1. The van der Waals surface area contributed by atoms with Crippen molar-refractivity contribution in [3.8, 4) is 0 Å². The predicted octanol–water partition coefficient (Wildman–Crippen LogP) is 4.10. The van der Waals surface area contributed by atoms with Crippen molar-refractivity contribution in [3.05, 3.63) is 64.3 Å². The van der Waals surface area contributed by atoms with Crippen molar-refractivity contribution in [2.24, 2.45) is 0 Å². The summed E-state index contributed by atoms with van der Waals surface area (Å²) in [6, 6.07) is 12.1. The fourth-order valence-electron chi connectivity index (χ4n) is 4.54. The highest BCUT2D eigenvalue weighted by Crippen LogP contribution is 2.32. The monoisotopic (exact) mass is 380 g/mol. The Morgan fingerprint density at radius 3 is 2.63 bits per heavy atom. The first-order valence-electron chi connectivity index (χ1n) is 9.74. The van der Waals surface area contributed by atoms with Crippen LogP contribution in [0.4, 0.5) is 0 Å². The lowest BCUT2D eigenvalue weighted by atomic mass is 9.92. The molecule has 5 heteroatoms. The van der Waals surface area contributed by atoms with E-state index in [9.17, 15) is 8.42 Å². The second-order valence-corrected chi connectivity index (χ2v) is 9.80. The molecule has 3 aromatic rings. The van der Waals surface area contributed by atoms with Gasteiger partial charge in [-0.1, -0.05) is 18.2 Å². The maximum absolute atomic E-state index is 13.3. The van der Waals surface area contributed by atoms with Gasteiger partial charge in [-0.25, -0.2) is 8.42 Å². The maximum Gasteiger partial charge on any atom is 0.243 e. The molecule has 2 heterocycles. The van der Waals surface area contributed by atoms with Gasteiger partial charge in [-0.15, -0.1) is 0 Å². The average molecular weight is 381 g/mol. The molecule has 0 fully saturated rings. The Labute approximate surface area is 160 Å². The number of H-pyrrole nitrogens is 1. The number of aromatic amines is 1. The van der Waals surface area contributed by atoms with E-state index in [1.165, 1.54) is 28.8 Å². The molecule has 0 atom stereocenters. The van der Waals surface area contributed by atoms with Crippen LogP contribution in [-0.4, -0.2) is 24.3 Å². The third-order valence-corrected chi connectivity index (χ3v) is 7.89. The summed E-state index contributed by atoms with van der Waals surface area (Å²) in [6.45, 7) is 3.04. The summed E-state index contributed by atoms with van der Waals surface area (Å²) in [4.78, 5) is 3.93. The number of benzene rings is 2. The lowest BCUT2D eigenvalue weighted by Crippen LogP contribution is -2.35. The Morgan fingerprint density at radius 1 is 0.963 bits per heavy atom. The van der Waals surface area contributed by atoms with E-state index in [2.05, 4.69) is 30.1 Å². The van der Waals surface area contributed by atoms with Crippen molar-refractivity contribution in [1.82, 2.24) is 9.29 Å². The van der Waals surface area contributed by atoms with Gasteiger partial charge < -0.3 is 4.98 Å². The van der Waals surface area contributed by atoms with E-state index in [0.717, 1.165) is 42.1 Å². The van der Waals surface area contributed by atoms with Crippen molar-refractivity contribution >= 4 is 20.9 Å². The normalized spacial score (nSPS) is 17.7. The molecule has 27 heavy (non-hydrogen) atoms. The minimum atomic E-state index is -3.47. The topological polar surface area (TPSA) is 53.2 Å². The van der Waals surface area contributed by atoms with Crippen molar-refractivity contribution in [1.29, 1.82) is 0 Å². The number of aryl methyl sites for hydroxylation is 3. The fraction of sp³-hybridized carbons (Fsp3) is 0.364. The van der Waals surface area contributed by atoms with Gasteiger partial charge in [0, 0.05) is 36.1 Å². The summed E-state index contributed by atoms with van der Waals surface area (Å²) in [7, 11) is -3.47. The molecule has 1 aromatic heterocycles. The molecule has 0 spiro atoms. The number of hydrogen-bond acceptors (Lipinski definition) is 2. The molecule has 2 aliphatic rings. The summed E-state index contributed by atoms with van der Waals surface area (Å²) in [6.07, 6.45) is 5.14. The number of fused-ring (bicyclic) bond motifs is 4. The zero-order valence-corrected chi connectivity index (χ0v) is 16.4. The highest BCUT2D eigenvalue weighted by atomic mass is 32.2. The largest absolute Gasteiger partial charge is 0.358 e. The zero-order valence-electron chi connectivity index (χ0n) is 15.6. The number of nitrogens with zero attached hydrogens (tertiary/aromatic N) is 1. The zero-order chi connectivity index (χ0) is 18.6. The lowest BCUT2D eigenvalue weighted by molar-refractivity contribution is 0.391. The molecule has 2 aromatic carbocycles. The summed E-state index contributed by atoms with van der Waals surface area (Å²) in [5.41, 5.74) is 7.13. The Balaban J connectivity index is 1.51. The van der Waals surface area contributed by atoms with Crippen LogP contribution in [0.25, 0.3) is 10.9 Å². The minimum Gasteiger partial charge on any atom is -0.358 e. The van der Waals surface area contributed by atoms with Crippen LogP contribution in [0, 0.1) is 6.92 Å². The Bertz CT molecular complexity index is 1140. The van der Waals surface area contributed by atoms with Crippen molar-refractivity contribution < 1.29 is 8.42 Å². The molecule has 0 amide bonds. The molecule has 1 aliphatic carbocycles. The van der Waals surface area contributed by atoms with Crippen molar-refractivity contribution in [3.63, 3.8) is 0 Å². The molecule has 0 radical (unpaired) electrons. The molecule has 0 bridgehead atoms. The number of nitrogens with one attached hydrogen (secondary N) is 1. The van der Waals surface area contributed by atoms with Gasteiger partial charge in [0.05, 0.1) is 4.90 Å². The molecular weight excluding hydrogens is 356 g/mol. The quantitative estimate of drug-likeness (QED) is 0.728. The molecule has 0 saturated carbocycles. The number of sulfonamides is 1. The van der Waals surface area contributed by atoms with Crippen LogP contribution >= 0.6 is 0 Å². The minimum absolute atomic E-state index is 0.442. The molecule has 0 saturated heterocycles. The van der Waals surface area contributed by atoms with Crippen LogP contribution in [0.5, 0.6) is 0 Å². The van der Waals surface area contributed by atoms with Crippen LogP contribution < -0.4 is 0 Å². The van der Waals surface area contributed by atoms with Gasteiger partial charge in [0.1, 0.15) is 0 Å². The van der Waals surface area contributed by atoms with Crippen LogP contribution in [0.3, 0.4) is 0 Å². The van der Waals surface area contributed by atoms with E-state index >= 15 is 0 Å². The SMILES string of the molecule is Cc1ccc2c3c([nH]c2c1)CCN(S(=O)(=O)c1ccc2c(c1)CCCC2)C3. The van der Waals surface area contributed by atoms with E-state index in [1.54, 1.807) is 10.4 Å². The van der Waals surface area contributed by atoms with E-state index in [-0.39, 0.29) is 0 Å². The highest BCUT2D eigenvalue weighted by Gasteiger charge is 2.30. The summed E-state index contributed by atoms with van der Waals surface area (Å²) in [5.74, 6) is 0. The smallest absolute Gasteiger partial charge is 0.243 e. The standard InChI is InChI=1S/C22H24N2O2S/c1-15-6-9-19-20-14-24(11-10-21(20)23-22(19)12-15)27(25,26)18-8-7-16-4-2-3-5-17(16)13-18/h6-9,12-13,23H,2-5,10-11,14H2,1H3. The van der Waals surface area contributed by atoms with E-state index < -0.39 is 10.0 Å². The second-order valence-electron chi connectivity index (χ2n) is 7.86. The summed E-state index contributed by atoms with van der Waals surface area (Å²) < 4.78 is 28.3. The number of aromatic nitrogens is 1. The molecule has 5 rings (SSSR count). The van der Waals surface area contributed by atoms with Gasteiger partial charge in [-0.2, -0.15) is 4.31 Å². The van der Waals surface area contributed by atoms with E-state index in [1.807, 2.05) is 12.1 Å². The fourth-order valence-corrected chi connectivity index (χ4v) is 6.00. The van der Waals surface area contributed by atoms with Gasteiger partial charge in [0.25, 0.3) is 0 Å². The highest BCUT2D eigenvalue weighted by molar-refractivity contribution is 7.89. The third kappa shape index (κ3) is 2.80. The van der Waals surface area contributed by atoms with Crippen molar-refractivity contribution in [2.45, 2.75) is 50.5 Å². The van der Waals surface area contributed by atoms with Gasteiger partial charge in [-0.3, -0.25) is 0 Å². The van der Waals surface area contributed by atoms with Gasteiger partial charge in [0.2, 0.25) is 10.0 Å². The van der Waals surface area contributed by atoms with E-state index in [4.69, 9.17) is 0 Å². The molecule has 4 nitrogen and oxygen atoms in total. The Kier molecular flexibility index (Phi) is 3.92. The third-order valence-electron chi connectivity index (χ3n) is 6.05. The molecular formula is C22H24N2O2S. The first kappa shape index (κ1) is 17.0. The molecule has 0 unspecified atom stereocenters. The lowest BCUT2D eigenvalue weighted by Gasteiger charge is -2.27. The Morgan fingerprint density at radius 2 is 1.78 bits per heavy atom. The van der Waals surface area contributed by atoms with Crippen LogP contribution in [0.2, 0.25) is 0 Å². The molecule has 140 valence electrons. The summed E-state index contributed by atoms with van der Waals surface area (Å²) in [5, 5.41) is 1.14. The first-order valence-corrected chi connectivity index (χ1v) is 11.2. The van der Waals surface area contributed by atoms with Crippen molar-refractivity contribution in [2.75, 3.05) is 6.54 Å². The van der Waals surface area contributed by atoms with Crippen LogP contribution in [-0.2, 0) is 35.8 Å². The summed E-state index contributed by atoms with van der Waals surface area (Å²) >= 11 is 0. The predicted molar refractivity (Wildman–Crippen MR) is 107 cm³/mol. The average Bonchev–Trinajstić information content (AvgIpc) is 3.04. The van der Waals surface area contributed by atoms with E-state index in [0.29, 0.717) is 18.0 Å². The first-order chi connectivity index (χ1) is 13.0. The van der Waals surface area contributed by atoms with Crippen LogP contribution in [0.15, 0.2) is 41.3 Å². The van der Waals surface area contributed by atoms with Gasteiger partial charge in [-0.05, 0) is 73.1 Å².